The minimum absolute atomic E-state index is 0.00867. The van der Waals surface area contributed by atoms with Gasteiger partial charge in [0, 0.05) is 6.42 Å². The van der Waals surface area contributed by atoms with E-state index in [1.807, 2.05) is 0 Å². The summed E-state index contributed by atoms with van der Waals surface area (Å²) in [5.74, 6) is -0.840. The highest BCUT2D eigenvalue weighted by Crippen LogP contribution is 2.02. The number of rotatable bonds is 4. The second-order valence-electron chi connectivity index (χ2n) is 3.18. The molecule has 1 aliphatic rings. The van der Waals surface area contributed by atoms with E-state index in [1.54, 1.807) is 6.92 Å². The smallest absolute Gasteiger partial charge is 0.305 e. The van der Waals surface area contributed by atoms with Gasteiger partial charge in [-0.1, -0.05) is 0 Å². The molecule has 0 aromatic carbocycles. The summed E-state index contributed by atoms with van der Waals surface area (Å²) in [5.41, 5.74) is 0. The van der Waals surface area contributed by atoms with Crippen LogP contribution in [0.15, 0.2) is 0 Å². The van der Waals surface area contributed by atoms with Gasteiger partial charge in [0.1, 0.15) is 6.04 Å². The van der Waals surface area contributed by atoms with E-state index in [9.17, 15) is 14.4 Å². The van der Waals surface area contributed by atoms with Crippen molar-refractivity contribution >= 4 is 17.8 Å². The summed E-state index contributed by atoms with van der Waals surface area (Å²) in [6.45, 7) is 2.05. The molecule has 2 amide bonds. The van der Waals surface area contributed by atoms with Crippen LogP contribution in [-0.2, 0) is 19.1 Å². The van der Waals surface area contributed by atoms with Crippen molar-refractivity contribution in [3.8, 4) is 0 Å². The Bertz CT molecular complexity index is 277. The van der Waals surface area contributed by atoms with Gasteiger partial charge in [0.05, 0.1) is 13.2 Å². The molecule has 84 valence electrons. The van der Waals surface area contributed by atoms with E-state index in [-0.39, 0.29) is 37.2 Å². The monoisotopic (exact) mass is 214 g/mol. The number of nitrogens with one attached hydrogen (secondary N) is 2. The third-order valence-corrected chi connectivity index (χ3v) is 2.02. The largest absolute Gasteiger partial charge is 0.466 e. The Kier molecular flexibility index (Phi) is 4.08. The molecule has 1 fully saturated rings. The first-order valence-corrected chi connectivity index (χ1v) is 4.86. The van der Waals surface area contributed by atoms with Crippen molar-refractivity contribution < 1.29 is 19.1 Å². The number of ether oxygens (including phenoxy) is 1. The second kappa shape index (κ2) is 5.33. The maximum absolute atomic E-state index is 11.2. The Morgan fingerprint density at radius 1 is 1.53 bits per heavy atom. The maximum atomic E-state index is 11.2. The molecular weight excluding hydrogens is 200 g/mol. The SMILES string of the molecule is CCOC(=O)CC[C@@H]1NC(=O)CNC1=O. The number of carbonyl (C=O) groups excluding carboxylic acids is 3. The van der Waals surface area contributed by atoms with Gasteiger partial charge in [0.15, 0.2) is 0 Å². The average Bonchev–Trinajstić information content (AvgIpc) is 2.20. The van der Waals surface area contributed by atoms with Gasteiger partial charge in [0.2, 0.25) is 11.8 Å². The summed E-state index contributed by atoms with van der Waals surface area (Å²) in [7, 11) is 0. The molecule has 0 saturated carbocycles. The average molecular weight is 214 g/mol. The molecule has 6 heteroatoms. The highest BCUT2D eigenvalue weighted by atomic mass is 16.5. The topological polar surface area (TPSA) is 84.5 Å². The predicted molar refractivity (Wildman–Crippen MR) is 50.8 cm³/mol. The molecule has 1 saturated heterocycles. The number of piperazine rings is 1. The Morgan fingerprint density at radius 2 is 2.27 bits per heavy atom. The van der Waals surface area contributed by atoms with Gasteiger partial charge >= 0.3 is 5.97 Å². The highest BCUT2D eigenvalue weighted by molar-refractivity contribution is 5.94. The number of esters is 1. The van der Waals surface area contributed by atoms with Gasteiger partial charge < -0.3 is 15.4 Å². The van der Waals surface area contributed by atoms with Crippen molar-refractivity contribution in [2.24, 2.45) is 0 Å². The van der Waals surface area contributed by atoms with Gasteiger partial charge in [-0.05, 0) is 13.3 Å². The van der Waals surface area contributed by atoms with Crippen molar-refractivity contribution in [1.29, 1.82) is 0 Å². The number of hydrogen-bond acceptors (Lipinski definition) is 4. The van der Waals surface area contributed by atoms with E-state index < -0.39 is 6.04 Å². The first kappa shape index (κ1) is 11.5. The van der Waals surface area contributed by atoms with Crippen LogP contribution in [0, 0.1) is 0 Å². The van der Waals surface area contributed by atoms with Gasteiger partial charge in [-0.3, -0.25) is 14.4 Å². The summed E-state index contributed by atoms with van der Waals surface area (Å²) in [6.07, 6.45) is 0.405. The minimum Gasteiger partial charge on any atom is -0.466 e. The summed E-state index contributed by atoms with van der Waals surface area (Å²) < 4.78 is 4.71. The van der Waals surface area contributed by atoms with E-state index in [0.29, 0.717) is 6.61 Å². The number of amides is 2. The fourth-order valence-corrected chi connectivity index (χ4v) is 1.30. The van der Waals surface area contributed by atoms with Crippen molar-refractivity contribution in [3.05, 3.63) is 0 Å². The second-order valence-corrected chi connectivity index (χ2v) is 3.18. The molecule has 1 heterocycles. The molecule has 0 radical (unpaired) electrons. The van der Waals surface area contributed by atoms with Crippen molar-refractivity contribution in [3.63, 3.8) is 0 Å². The van der Waals surface area contributed by atoms with Crippen LogP contribution in [0.3, 0.4) is 0 Å². The zero-order valence-electron chi connectivity index (χ0n) is 8.54. The van der Waals surface area contributed by atoms with Gasteiger partial charge in [0.25, 0.3) is 0 Å². The molecule has 1 atom stereocenters. The molecule has 0 spiro atoms. The lowest BCUT2D eigenvalue weighted by molar-refractivity contribution is -0.144. The molecule has 6 nitrogen and oxygen atoms in total. The molecule has 0 aromatic heterocycles. The molecule has 1 aliphatic heterocycles. The van der Waals surface area contributed by atoms with E-state index in [2.05, 4.69) is 10.6 Å². The molecular formula is C9H14N2O4. The zero-order chi connectivity index (χ0) is 11.3. The molecule has 0 unspecified atom stereocenters. The van der Waals surface area contributed by atoms with Crippen LogP contribution in [0.4, 0.5) is 0 Å². The van der Waals surface area contributed by atoms with Crippen LogP contribution in [-0.4, -0.2) is 37.0 Å². The molecule has 15 heavy (non-hydrogen) atoms. The lowest BCUT2D eigenvalue weighted by atomic mass is 10.1. The quantitative estimate of drug-likeness (QED) is 0.584. The Morgan fingerprint density at radius 3 is 2.93 bits per heavy atom. The maximum Gasteiger partial charge on any atom is 0.305 e. The molecule has 0 aromatic rings. The first-order chi connectivity index (χ1) is 7.13. The fraction of sp³-hybridized carbons (Fsp3) is 0.667. The van der Waals surface area contributed by atoms with Crippen LogP contribution >= 0.6 is 0 Å². The standard InChI is InChI=1S/C9H14N2O4/c1-2-15-8(13)4-3-6-9(14)10-5-7(12)11-6/h6H,2-5H2,1H3,(H,10,14)(H,11,12)/t6-/m0/s1. The van der Waals surface area contributed by atoms with Gasteiger partial charge in [-0.15, -0.1) is 0 Å². The predicted octanol–water partition coefficient (Wildman–Crippen LogP) is -1.06. The normalized spacial score (nSPS) is 20.5. The van der Waals surface area contributed by atoms with E-state index >= 15 is 0 Å². The Balaban J connectivity index is 2.33. The molecule has 0 bridgehead atoms. The van der Waals surface area contributed by atoms with Crippen LogP contribution in [0.1, 0.15) is 19.8 Å². The zero-order valence-corrected chi connectivity index (χ0v) is 8.54. The highest BCUT2D eigenvalue weighted by Gasteiger charge is 2.26. The third-order valence-electron chi connectivity index (χ3n) is 2.02. The van der Waals surface area contributed by atoms with E-state index in [4.69, 9.17) is 4.74 Å². The van der Waals surface area contributed by atoms with Crippen molar-refractivity contribution in [2.45, 2.75) is 25.8 Å². The van der Waals surface area contributed by atoms with Crippen molar-refractivity contribution in [1.82, 2.24) is 10.6 Å². The first-order valence-electron chi connectivity index (χ1n) is 4.86. The van der Waals surface area contributed by atoms with Gasteiger partial charge in [-0.25, -0.2) is 0 Å². The third kappa shape index (κ3) is 3.57. The van der Waals surface area contributed by atoms with E-state index in [0.717, 1.165) is 0 Å². The summed E-state index contributed by atoms with van der Waals surface area (Å²) in [4.78, 5) is 33.2. The number of hydrogen-bond donors (Lipinski definition) is 2. The summed E-state index contributed by atoms with van der Waals surface area (Å²) in [6, 6.07) is -0.615. The summed E-state index contributed by atoms with van der Waals surface area (Å²) in [5, 5.41) is 4.94. The fourth-order valence-electron chi connectivity index (χ4n) is 1.30. The number of carbonyl (C=O) groups is 3. The van der Waals surface area contributed by atoms with Crippen LogP contribution in [0.5, 0.6) is 0 Å². The van der Waals surface area contributed by atoms with Crippen molar-refractivity contribution in [2.75, 3.05) is 13.2 Å². The molecule has 0 aliphatic carbocycles. The molecule has 1 rings (SSSR count). The van der Waals surface area contributed by atoms with Crippen LogP contribution in [0.25, 0.3) is 0 Å². The van der Waals surface area contributed by atoms with Crippen LogP contribution < -0.4 is 10.6 Å². The summed E-state index contributed by atoms with van der Waals surface area (Å²) >= 11 is 0. The Labute approximate surface area is 87.4 Å². The van der Waals surface area contributed by atoms with Gasteiger partial charge in [-0.2, -0.15) is 0 Å². The lowest BCUT2D eigenvalue weighted by Crippen LogP contribution is -2.56. The van der Waals surface area contributed by atoms with Crippen LogP contribution in [0.2, 0.25) is 0 Å². The lowest BCUT2D eigenvalue weighted by Gasteiger charge is -2.22. The molecule has 2 N–H and O–H groups in total. The Hall–Kier alpha value is -1.59. The minimum atomic E-state index is -0.615. The van der Waals surface area contributed by atoms with E-state index in [1.165, 1.54) is 0 Å².